The predicted molar refractivity (Wildman–Crippen MR) is 113 cm³/mol. The molecule has 8 nitrogen and oxygen atoms in total. The van der Waals surface area contributed by atoms with Crippen LogP contribution in [0.1, 0.15) is 31.7 Å². The van der Waals surface area contributed by atoms with E-state index in [4.69, 9.17) is 23.9 Å². The van der Waals surface area contributed by atoms with Crippen LogP contribution in [-0.4, -0.2) is 67.2 Å². The van der Waals surface area contributed by atoms with Crippen LogP contribution in [0.5, 0.6) is 11.5 Å². The highest BCUT2D eigenvalue weighted by atomic mass is 16.7. The van der Waals surface area contributed by atoms with Gasteiger partial charge in [-0.15, -0.1) is 0 Å². The van der Waals surface area contributed by atoms with E-state index in [1.54, 1.807) is 26.4 Å². The van der Waals surface area contributed by atoms with Crippen LogP contribution in [0, 0.1) is 0 Å². The smallest absolute Gasteiger partial charge is 0.493 e. The number of nitrogens with zero attached hydrogens (tertiary/aromatic N) is 1. The number of aliphatic hydroxyl groups excluding tert-OH is 2. The van der Waals surface area contributed by atoms with E-state index in [0.29, 0.717) is 18.1 Å². The number of benzene rings is 1. The fourth-order valence-electron chi connectivity index (χ4n) is 2.75. The topological polar surface area (TPSA) is 111 Å². The Morgan fingerprint density at radius 2 is 1.87 bits per heavy atom. The third-order valence-corrected chi connectivity index (χ3v) is 4.46. The first kappa shape index (κ1) is 24.1. The lowest BCUT2D eigenvalue weighted by Gasteiger charge is -2.18. The highest BCUT2D eigenvalue weighted by molar-refractivity contribution is 6.34. The maximum atomic E-state index is 9.78. The van der Waals surface area contributed by atoms with Crippen LogP contribution in [0.25, 0.3) is 11.1 Å². The SMILES string of the molecule is CCCOc1cc(-c2cncc([C@@H](CO)COB(O)OC(C)CO)c2)ccc1OC. The van der Waals surface area contributed by atoms with Gasteiger partial charge >= 0.3 is 7.32 Å². The minimum absolute atomic E-state index is 0.0222. The molecule has 1 aromatic carbocycles. The monoisotopic (exact) mass is 419 g/mol. The molecule has 1 unspecified atom stereocenters. The average molecular weight is 419 g/mol. The molecule has 0 aliphatic rings. The lowest BCUT2D eigenvalue weighted by molar-refractivity contribution is 0.0532. The Hall–Kier alpha value is -2.17. The number of pyridine rings is 1. The van der Waals surface area contributed by atoms with Gasteiger partial charge in [0.2, 0.25) is 0 Å². The fourth-order valence-corrected chi connectivity index (χ4v) is 2.75. The van der Waals surface area contributed by atoms with E-state index in [-0.39, 0.29) is 19.8 Å². The van der Waals surface area contributed by atoms with Gasteiger partial charge < -0.3 is 34.0 Å². The summed E-state index contributed by atoms with van der Waals surface area (Å²) in [4.78, 5) is 4.29. The average Bonchev–Trinajstić information content (AvgIpc) is 2.77. The lowest BCUT2D eigenvalue weighted by Crippen LogP contribution is -2.31. The van der Waals surface area contributed by atoms with Crippen molar-refractivity contribution >= 4 is 7.32 Å². The van der Waals surface area contributed by atoms with Crippen molar-refractivity contribution in [3.8, 4) is 22.6 Å². The van der Waals surface area contributed by atoms with Gasteiger partial charge in [-0.1, -0.05) is 13.0 Å². The normalized spacial score (nSPS) is 13.0. The summed E-state index contributed by atoms with van der Waals surface area (Å²) in [5.41, 5.74) is 2.50. The van der Waals surface area contributed by atoms with Crippen molar-refractivity contribution in [3.05, 3.63) is 42.2 Å². The predicted octanol–water partition coefficient (Wildman–Crippen LogP) is 2.01. The summed E-state index contributed by atoms with van der Waals surface area (Å²) < 4.78 is 21.4. The molecule has 2 aromatic rings. The van der Waals surface area contributed by atoms with Crippen molar-refractivity contribution in [1.82, 2.24) is 4.98 Å². The summed E-state index contributed by atoms with van der Waals surface area (Å²) >= 11 is 0. The Bertz CT molecular complexity index is 777. The molecule has 0 amide bonds. The number of hydrogen-bond acceptors (Lipinski definition) is 8. The molecule has 164 valence electrons. The molecule has 0 aliphatic heterocycles. The maximum Gasteiger partial charge on any atom is 0.636 e. The van der Waals surface area contributed by atoms with Gasteiger partial charge in [-0.3, -0.25) is 4.98 Å². The van der Waals surface area contributed by atoms with Crippen LogP contribution < -0.4 is 9.47 Å². The molecular weight excluding hydrogens is 389 g/mol. The maximum absolute atomic E-state index is 9.78. The second kappa shape index (κ2) is 12.5. The third kappa shape index (κ3) is 6.96. The van der Waals surface area contributed by atoms with E-state index in [2.05, 4.69) is 4.98 Å². The standard InChI is InChI=1S/C21H30BNO7/c1-4-7-28-21-9-16(5-6-20(21)27-3)17-8-18(11-23-10-17)19(13-25)14-29-22(26)30-15(2)12-24/h5-6,8-11,15,19,24-26H,4,7,12-14H2,1-3H3/t15?,19-/m0/s1. The molecule has 0 spiro atoms. The third-order valence-electron chi connectivity index (χ3n) is 4.46. The summed E-state index contributed by atoms with van der Waals surface area (Å²) in [5, 5.41) is 28.5. The molecular formula is C21H30BNO7. The summed E-state index contributed by atoms with van der Waals surface area (Å²) in [6.07, 6.45) is 3.70. The van der Waals surface area contributed by atoms with Crippen molar-refractivity contribution in [2.24, 2.45) is 0 Å². The van der Waals surface area contributed by atoms with Gasteiger partial charge in [-0.2, -0.15) is 0 Å². The Morgan fingerprint density at radius 1 is 1.07 bits per heavy atom. The van der Waals surface area contributed by atoms with Gasteiger partial charge in [0, 0.05) is 30.5 Å². The largest absolute Gasteiger partial charge is 0.636 e. The first-order valence-electron chi connectivity index (χ1n) is 9.95. The highest BCUT2D eigenvalue weighted by Gasteiger charge is 2.22. The molecule has 3 N–H and O–H groups in total. The second-order valence-electron chi connectivity index (χ2n) is 6.87. The van der Waals surface area contributed by atoms with Gasteiger partial charge in [0.1, 0.15) is 0 Å². The number of hydrogen-bond donors (Lipinski definition) is 3. The van der Waals surface area contributed by atoms with Crippen molar-refractivity contribution in [2.45, 2.75) is 32.3 Å². The van der Waals surface area contributed by atoms with Crippen LogP contribution in [0.15, 0.2) is 36.7 Å². The molecule has 30 heavy (non-hydrogen) atoms. The van der Waals surface area contributed by atoms with E-state index in [1.807, 2.05) is 31.2 Å². The molecule has 0 aliphatic carbocycles. The van der Waals surface area contributed by atoms with Gasteiger partial charge in [0.25, 0.3) is 0 Å². The summed E-state index contributed by atoms with van der Waals surface area (Å²) in [5.74, 6) is 0.904. The molecule has 2 atom stereocenters. The molecule has 9 heteroatoms. The molecule has 0 bridgehead atoms. The van der Waals surface area contributed by atoms with Crippen LogP contribution in [0.4, 0.5) is 0 Å². The van der Waals surface area contributed by atoms with Crippen LogP contribution in [-0.2, 0) is 9.31 Å². The molecule has 0 radical (unpaired) electrons. The summed E-state index contributed by atoms with van der Waals surface area (Å²) in [6, 6.07) is 7.56. The molecule has 0 saturated heterocycles. The van der Waals surface area contributed by atoms with E-state index in [9.17, 15) is 10.1 Å². The van der Waals surface area contributed by atoms with Gasteiger partial charge in [0.15, 0.2) is 11.5 Å². The highest BCUT2D eigenvalue weighted by Crippen LogP contribution is 2.33. The van der Waals surface area contributed by atoms with Crippen molar-refractivity contribution < 1.29 is 34.0 Å². The Morgan fingerprint density at radius 3 is 2.53 bits per heavy atom. The minimum atomic E-state index is -1.49. The Labute approximate surface area is 177 Å². The van der Waals surface area contributed by atoms with Gasteiger partial charge in [-0.05, 0) is 42.7 Å². The zero-order valence-corrected chi connectivity index (χ0v) is 17.7. The zero-order chi connectivity index (χ0) is 21.9. The van der Waals surface area contributed by atoms with Crippen LogP contribution in [0.3, 0.4) is 0 Å². The summed E-state index contributed by atoms with van der Waals surface area (Å²) in [6.45, 7) is 3.82. The number of rotatable bonds is 13. The van der Waals surface area contributed by atoms with Gasteiger partial charge in [-0.25, -0.2) is 0 Å². The Kier molecular flexibility index (Phi) is 10.1. The number of aliphatic hydroxyl groups is 2. The molecule has 2 rings (SSSR count). The van der Waals surface area contributed by atoms with E-state index < -0.39 is 19.3 Å². The minimum Gasteiger partial charge on any atom is -0.493 e. The first-order chi connectivity index (χ1) is 14.5. The summed E-state index contributed by atoms with van der Waals surface area (Å²) in [7, 11) is 0.110. The number of ether oxygens (including phenoxy) is 2. The van der Waals surface area contributed by atoms with Crippen molar-refractivity contribution in [1.29, 1.82) is 0 Å². The lowest BCUT2D eigenvalue weighted by atomic mass is 9.98. The van der Waals surface area contributed by atoms with Crippen LogP contribution in [0.2, 0.25) is 0 Å². The molecule has 0 fully saturated rings. The fraction of sp³-hybridized carbons (Fsp3) is 0.476. The van der Waals surface area contributed by atoms with Crippen molar-refractivity contribution in [3.63, 3.8) is 0 Å². The molecule has 0 saturated carbocycles. The van der Waals surface area contributed by atoms with E-state index in [1.165, 1.54) is 0 Å². The number of aromatic nitrogens is 1. The second-order valence-corrected chi connectivity index (χ2v) is 6.87. The molecule has 1 heterocycles. The Balaban J connectivity index is 2.16. The number of methoxy groups -OCH3 is 1. The first-order valence-corrected chi connectivity index (χ1v) is 9.95. The van der Waals surface area contributed by atoms with E-state index in [0.717, 1.165) is 23.1 Å². The van der Waals surface area contributed by atoms with Crippen LogP contribution >= 0.6 is 0 Å². The zero-order valence-electron chi connectivity index (χ0n) is 17.7. The van der Waals surface area contributed by atoms with Crippen molar-refractivity contribution in [2.75, 3.05) is 33.5 Å². The molecule has 1 aromatic heterocycles. The quantitative estimate of drug-likeness (QED) is 0.423. The van der Waals surface area contributed by atoms with Gasteiger partial charge in [0.05, 0.1) is 33.0 Å². The van der Waals surface area contributed by atoms with E-state index >= 15 is 0 Å².